The number of carbonyl (C=O) groups excluding carboxylic acids is 1. The summed E-state index contributed by atoms with van der Waals surface area (Å²) in [4.78, 5) is 11.0. The van der Waals surface area contributed by atoms with Crippen molar-refractivity contribution >= 4 is 5.97 Å². The molecule has 1 atom stereocenters. The first kappa shape index (κ1) is 15.0. The maximum atomic E-state index is 11.0. The first-order valence-electron chi connectivity index (χ1n) is 5.97. The molecule has 0 rings (SSSR count). The predicted molar refractivity (Wildman–Crippen MR) is 64.0 cm³/mol. The molecule has 0 aliphatic rings. The Morgan fingerprint density at radius 1 is 1.31 bits per heavy atom. The summed E-state index contributed by atoms with van der Waals surface area (Å²) in [6.07, 6.45) is 3.74. The van der Waals surface area contributed by atoms with Crippen molar-refractivity contribution in [2.75, 3.05) is 13.2 Å². The Bertz CT molecular complexity index is 237. The van der Waals surface area contributed by atoms with Gasteiger partial charge in [0.25, 0.3) is 0 Å². The highest BCUT2D eigenvalue weighted by atomic mass is 16.5. The first-order chi connectivity index (χ1) is 7.70. The van der Waals surface area contributed by atoms with Crippen molar-refractivity contribution in [3.63, 3.8) is 0 Å². The number of esters is 1. The van der Waals surface area contributed by atoms with Crippen LogP contribution in [0.4, 0.5) is 0 Å². The van der Waals surface area contributed by atoms with E-state index in [1.807, 2.05) is 13.8 Å². The number of hydrogen-bond acceptors (Lipinski definition) is 3. The topological polar surface area (TPSA) is 35.5 Å². The summed E-state index contributed by atoms with van der Waals surface area (Å²) in [6, 6.07) is 0. The van der Waals surface area contributed by atoms with Crippen LogP contribution in [-0.4, -0.2) is 25.3 Å². The van der Waals surface area contributed by atoms with Crippen molar-refractivity contribution in [3.05, 3.63) is 0 Å². The van der Waals surface area contributed by atoms with E-state index in [9.17, 15) is 4.79 Å². The molecule has 0 aromatic heterocycles. The third kappa shape index (κ3) is 9.54. The molecule has 0 saturated carbocycles. The van der Waals surface area contributed by atoms with E-state index in [-0.39, 0.29) is 6.10 Å². The minimum atomic E-state index is -0.433. The normalized spacial score (nSPS) is 11.4. The summed E-state index contributed by atoms with van der Waals surface area (Å²) in [5.74, 6) is 4.75. The second-order valence-corrected chi connectivity index (χ2v) is 3.63. The second-order valence-electron chi connectivity index (χ2n) is 3.63. The molecule has 16 heavy (non-hydrogen) atoms. The maximum Gasteiger partial charge on any atom is 0.384 e. The third-order valence-electron chi connectivity index (χ3n) is 2.13. The molecule has 0 bridgehead atoms. The largest absolute Gasteiger partial charge is 0.456 e. The van der Waals surface area contributed by atoms with Crippen molar-refractivity contribution in [3.8, 4) is 11.8 Å². The summed E-state index contributed by atoms with van der Waals surface area (Å²) >= 11 is 0. The summed E-state index contributed by atoms with van der Waals surface area (Å²) < 4.78 is 10.3. The van der Waals surface area contributed by atoms with Crippen LogP contribution in [-0.2, 0) is 14.3 Å². The highest BCUT2D eigenvalue weighted by molar-refractivity contribution is 5.88. The molecule has 0 spiro atoms. The average molecular weight is 226 g/mol. The van der Waals surface area contributed by atoms with E-state index in [0.29, 0.717) is 19.6 Å². The Balaban J connectivity index is 3.48. The molecule has 0 aliphatic heterocycles. The smallest absolute Gasteiger partial charge is 0.384 e. The van der Waals surface area contributed by atoms with Gasteiger partial charge in [-0.2, -0.15) is 0 Å². The van der Waals surface area contributed by atoms with E-state index in [1.54, 1.807) is 0 Å². The fourth-order valence-electron chi connectivity index (χ4n) is 0.909. The van der Waals surface area contributed by atoms with Crippen molar-refractivity contribution < 1.29 is 14.3 Å². The van der Waals surface area contributed by atoms with Crippen LogP contribution < -0.4 is 0 Å². The number of carbonyl (C=O) groups is 1. The summed E-state index contributed by atoms with van der Waals surface area (Å²) in [7, 11) is 0. The highest BCUT2D eigenvalue weighted by Gasteiger charge is 1.97. The van der Waals surface area contributed by atoms with Gasteiger partial charge in [-0.25, -0.2) is 4.79 Å². The monoisotopic (exact) mass is 226 g/mol. The maximum absolute atomic E-state index is 11.0. The van der Waals surface area contributed by atoms with Gasteiger partial charge in [0, 0.05) is 12.3 Å². The fraction of sp³-hybridized carbons (Fsp3) is 0.769. The number of hydrogen-bond donors (Lipinski definition) is 0. The first-order valence-corrected chi connectivity index (χ1v) is 5.97. The van der Waals surface area contributed by atoms with Gasteiger partial charge in [0.2, 0.25) is 0 Å². The minimum absolute atomic E-state index is 0.262. The lowest BCUT2D eigenvalue weighted by Gasteiger charge is -2.07. The zero-order valence-corrected chi connectivity index (χ0v) is 10.5. The predicted octanol–water partition coefficient (Wildman–Crippen LogP) is 2.54. The van der Waals surface area contributed by atoms with E-state index >= 15 is 0 Å². The molecule has 0 heterocycles. The van der Waals surface area contributed by atoms with Crippen LogP contribution in [0.15, 0.2) is 0 Å². The van der Waals surface area contributed by atoms with Crippen LogP contribution in [0.3, 0.4) is 0 Å². The Morgan fingerprint density at radius 3 is 2.69 bits per heavy atom. The number of rotatable bonds is 7. The fourth-order valence-corrected chi connectivity index (χ4v) is 0.909. The zero-order chi connectivity index (χ0) is 12.2. The van der Waals surface area contributed by atoms with Crippen molar-refractivity contribution in [2.24, 2.45) is 0 Å². The highest BCUT2D eigenvalue weighted by Crippen LogP contribution is 1.95. The van der Waals surface area contributed by atoms with Crippen molar-refractivity contribution in [1.29, 1.82) is 0 Å². The van der Waals surface area contributed by atoms with Gasteiger partial charge >= 0.3 is 5.97 Å². The molecule has 92 valence electrons. The Kier molecular flexibility index (Phi) is 9.84. The van der Waals surface area contributed by atoms with Gasteiger partial charge in [-0.1, -0.05) is 26.2 Å². The average Bonchev–Trinajstić information content (AvgIpc) is 2.28. The molecule has 0 saturated heterocycles. The van der Waals surface area contributed by atoms with Gasteiger partial charge in [0.15, 0.2) is 0 Å². The zero-order valence-electron chi connectivity index (χ0n) is 10.5. The van der Waals surface area contributed by atoms with Crippen LogP contribution in [0, 0.1) is 11.8 Å². The van der Waals surface area contributed by atoms with Gasteiger partial charge in [-0.15, -0.1) is 0 Å². The van der Waals surface area contributed by atoms with Gasteiger partial charge < -0.3 is 9.47 Å². The summed E-state index contributed by atoms with van der Waals surface area (Å²) in [6.45, 7) is 7.18. The van der Waals surface area contributed by atoms with Crippen molar-refractivity contribution in [1.82, 2.24) is 0 Å². The lowest BCUT2D eigenvalue weighted by atomic mass is 10.3. The van der Waals surface area contributed by atoms with Gasteiger partial charge in [0.05, 0.1) is 19.3 Å². The van der Waals surface area contributed by atoms with Gasteiger partial charge in [0.1, 0.15) is 0 Å². The summed E-state index contributed by atoms with van der Waals surface area (Å²) in [5.41, 5.74) is 0. The Hall–Kier alpha value is -1.01. The van der Waals surface area contributed by atoms with Crippen LogP contribution in [0.1, 0.15) is 46.5 Å². The second kappa shape index (κ2) is 10.5. The molecule has 1 unspecified atom stereocenters. The molecule has 0 N–H and O–H groups in total. The Labute approximate surface area is 98.5 Å². The van der Waals surface area contributed by atoms with E-state index in [4.69, 9.17) is 9.47 Å². The molecule has 3 heteroatoms. The molecule has 0 aromatic carbocycles. The van der Waals surface area contributed by atoms with Gasteiger partial charge in [-0.05, 0) is 19.8 Å². The van der Waals surface area contributed by atoms with Crippen LogP contribution in [0.25, 0.3) is 0 Å². The molecule has 0 amide bonds. The Morgan fingerprint density at radius 2 is 2.06 bits per heavy atom. The van der Waals surface area contributed by atoms with E-state index in [0.717, 1.165) is 19.3 Å². The lowest BCUT2D eigenvalue weighted by Crippen LogP contribution is -2.07. The third-order valence-corrected chi connectivity index (χ3v) is 2.13. The molecule has 0 radical (unpaired) electrons. The molecule has 0 fully saturated rings. The van der Waals surface area contributed by atoms with Crippen LogP contribution >= 0.6 is 0 Å². The minimum Gasteiger partial charge on any atom is -0.456 e. The standard InChI is InChI=1S/C13H22O3/c1-4-6-10-16-13(14)9-7-8-11-15-12(3)5-2/h12H,4-6,8,10-11H2,1-3H3. The molecule has 3 nitrogen and oxygen atoms in total. The van der Waals surface area contributed by atoms with Crippen LogP contribution in [0.2, 0.25) is 0 Å². The van der Waals surface area contributed by atoms with Crippen LogP contribution in [0.5, 0.6) is 0 Å². The van der Waals surface area contributed by atoms with E-state index in [2.05, 4.69) is 18.8 Å². The number of unbranched alkanes of at least 4 members (excludes halogenated alkanes) is 1. The lowest BCUT2D eigenvalue weighted by molar-refractivity contribution is -0.136. The SMILES string of the molecule is CCCCOC(=O)C#CCCOC(C)CC. The summed E-state index contributed by atoms with van der Waals surface area (Å²) in [5, 5.41) is 0. The molecule has 0 aliphatic carbocycles. The van der Waals surface area contributed by atoms with E-state index < -0.39 is 5.97 Å². The molecule has 0 aromatic rings. The quantitative estimate of drug-likeness (QED) is 0.289. The molecular formula is C13H22O3. The number of ether oxygens (including phenoxy) is 2. The van der Waals surface area contributed by atoms with Crippen molar-refractivity contribution in [2.45, 2.75) is 52.6 Å². The van der Waals surface area contributed by atoms with E-state index in [1.165, 1.54) is 0 Å². The molecular weight excluding hydrogens is 204 g/mol. The van der Waals surface area contributed by atoms with Gasteiger partial charge in [-0.3, -0.25) is 0 Å².